The van der Waals surface area contributed by atoms with Crippen LogP contribution in [0.15, 0.2) is 24.3 Å². The highest BCUT2D eigenvalue weighted by Gasteiger charge is 2.33. The Labute approximate surface area is 180 Å². The summed E-state index contributed by atoms with van der Waals surface area (Å²) in [5.41, 5.74) is 0.881. The molecule has 1 unspecified atom stereocenters. The molecule has 2 aromatic rings. The number of nitrogens with zero attached hydrogens (tertiary/aromatic N) is 4. The number of hydrogen-bond acceptors (Lipinski definition) is 5. The fourth-order valence-electron chi connectivity index (χ4n) is 3.36. The van der Waals surface area contributed by atoms with E-state index in [1.54, 1.807) is 15.6 Å². The van der Waals surface area contributed by atoms with Gasteiger partial charge in [0.1, 0.15) is 11.4 Å². The van der Waals surface area contributed by atoms with Crippen molar-refractivity contribution in [1.29, 1.82) is 0 Å². The van der Waals surface area contributed by atoms with Crippen LogP contribution in [0, 0.1) is 0 Å². The average Bonchev–Trinajstić information content (AvgIpc) is 3.03. The van der Waals surface area contributed by atoms with Gasteiger partial charge in [-0.15, -0.1) is 0 Å². The molecule has 1 amide bonds. The lowest BCUT2D eigenvalue weighted by Crippen LogP contribution is -2.57. The van der Waals surface area contributed by atoms with Gasteiger partial charge in [-0.3, -0.25) is 4.68 Å². The first-order valence-corrected chi connectivity index (χ1v) is 10.2. The Bertz CT molecular complexity index is 894. The minimum absolute atomic E-state index is 0.0995. The number of anilines is 1. The predicted molar refractivity (Wildman–Crippen MR) is 115 cm³/mol. The van der Waals surface area contributed by atoms with Crippen molar-refractivity contribution in [2.24, 2.45) is 7.05 Å². The topological polar surface area (TPSA) is 70.8 Å². The summed E-state index contributed by atoms with van der Waals surface area (Å²) >= 11 is 12.5. The monoisotopic (exact) mass is 440 g/mol. The van der Waals surface area contributed by atoms with Crippen molar-refractivity contribution < 1.29 is 14.6 Å². The van der Waals surface area contributed by atoms with E-state index in [-0.39, 0.29) is 18.7 Å². The summed E-state index contributed by atoms with van der Waals surface area (Å²) < 4.78 is 7.21. The molecule has 0 saturated carbocycles. The summed E-state index contributed by atoms with van der Waals surface area (Å²) in [4.78, 5) is 16.1. The Morgan fingerprint density at radius 1 is 1.31 bits per heavy atom. The van der Waals surface area contributed by atoms with Crippen LogP contribution in [0.4, 0.5) is 10.6 Å². The number of aromatic nitrogens is 2. The van der Waals surface area contributed by atoms with Gasteiger partial charge in [-0.2, -0.15) is 5.10 Å². The third kappa shape index (κ3) is 4.79. The quantitative estimate of drug-likeness (QED) is 0.785. The van der Waals surface area contributed by atoms with Crippen molar-refractivity contribution in [2.45, 2.75) is 32.4 Å². The van der Waals surface area contributed by atoms with Crippen molar-refractivity contribution in [3.63, 3.8) is 0 Å². The van der Waals surface area contributed by atoms with E-state index in [9.17, 15) is 9.90 Å². The van der Waals surface area contributed by atoms with Crippen molar-refractivity contribution >= 4 is 35.1 Å². The highest BCUT2D eigenvalue weighted by molar-refractivity contribution is 6.43. The first kappa shape index (κ1) is 21.7. The minimum Gasteiger partial charge on any atom is -0.444 e. The van der Waals surface area contributed by atoms with Gasteiger partial charge in [0.25, 0.3) is 0 Å². The molecule has 158 valence electrons. The van der Waals surface area contributed by atoms with E-state index >= 15 is 0 Å². The standard InChI is InChI=1S/C20H26Cl2N4O3/c1-20(2,3)29-19(28)25-8-9-26(13(11-25)12-27)17-10-16(23-24(17)4)14-6-5-7-15(21)18(14)22/h5-7,10,13,27H,8-9,11-12H2,1-4H3. The Balaban J connectivity index is 1.82. The van der Waals surface area contributed by atoms with Gasteiger partial charge in [0, 0.05) is 38.3 Å². The second-order valence-corrected chi connectivity index (χ2v) is 8.85. The van der Waals surface area contributed by atoms with Crippen LogP contribution >= 0.6 is 23.2 Å². The molecular formula is C20H26Cl2N4O3. The number of rotatable bonds is 3. The number of aryl methyl sites for hydroxylation is 1. The first-order valence-electron chi connectivity index (χ1n) is 9.44. The van der Waals surface area contributed by atoms with E-state index in [1.807, 2.05) is 46.0 Å². The number of ether oxygens (including phenoxy) is 1. The van der Waals surface area contributed by atoms with Crippen LogP contribution in [0.2, 0.25) is 10.0 Å². The Morgan fingerprint density at radius 2 is 2.03 bits per heavy atom. The van der Waals surface area contributed by atoms with E-state index in [0.29, 0.717) is 35.4 Å². The molecule has 1 aliphatic heterocycles. The number of benzene rings is 1. The third-order valence-electron chi connectivity index (χ3n) is 4.72. The van der Waals surface area contributed by atoms with Gasteiger partial charge in [0.05, 0.1) is 28.4 Å². The molecule has 1 saturated heterocycles. The molecule has 0 bridgehead atoms. The first-order chi connectivity index (χ1) is 13.6. The molecule has 9 heteroatoms. The van der Waals surface area contributed by atoms with E-state index in [4.69, 9.17) is 27.9 Å². The molecule has 1 fully saturated rings. The molecule has 0 spiro atoms. The summed E-state index contributed by atoms with van der Waals surface area (Å²) in [6.45, 7) is 6.81. The number of amides is 1. The molecule has 0 radical (unpaired) electrons. The van der Waals surface area contributed by atoms with Crippen molar-refractivity contribution in [2.75, 3.05) is 31.1 Å². The van der Waals surface area contributed by atoms with Gasteiger partial charge in [-0.25, -0.2) is 4.79 Å². The van der Waals surface area contributed by atoms with Crippen molar-refractivity contribution in [3.05, 3.63) is 34.3 Å². The number of aliphatic hydroxyl groups excluding tert-OH is 1. The number of carbonyl (C=O) groups is 1. The molecule has 2 heterocycles. The second-order valence-electron chi connectivity index (χ2n) is 8.07. The number of piperazine rings is 1. The number of aliphatic hydroxyl groups is 1. The summed E-state index contributed by atoms with van der Waals surface area (Å²) in [5.74, 6) is 0.832. The maximum absolute atomic E-state index is 12.4. The summed E-state index contributed by atoms with van der Waals surface area (Å²) in [6, 6.07) is 7.07. The normalized spacial score (nSPS) is 17.6. The fourth-order valence-corrected chi connectivity index (χ4v) is 3.76. The van der Waals surface area contributed by atoms with Crippen LogP contribution < -0.4 is 4.90 Å². The van der Waals surface area contributed by atoms with Gasteiger partial charge < -0.3 is 19.6 Å². The molecule has 7 nitrogen and oxygen atoms in total. The van der Waals surface area contributed by atoms with Crippen LogP contribution in [0.3, 0.4) is 0 Å². The lowest BCUT2D eigenvalue weighted by Gasteiger charge is -2.41. The lowest BCUT2D eigenvalue weighted by atomic mass is 10.1. The Kier molecular flexibility index (Phi) is 6.31. The van der Waals surface area contributed by atoms with Crippen LogP contribution in [-0.4, -0.2) is 63.8 Å². The average molecular weight is 441 g/mol. The highest BCUT2D eigenvalue weighted by atomic mass is 35.5. The minimum atomic E-state index is -0.559. The van der Waals surface area contributed by atoms with Crippen LogP contribution in [-0.2, 0) is 11.8 Å². The van der Waals surface area contributed by atoms with E-state index in [0.717, 1.165) is 11.4 Å². The van der Waals surface area contributed by atoms with E-state index < -0.39 is 5.60 Å². The molecule has 1 aromatic carbocycles. The Morgan fingerprint density at radius 3 is 2.69 bits per heavy atom. The number of hydrogen-bond donors (Lipinski definition) is 1. The highest BCUT2D eigenvalue weighted by Crippen LogP contribution is 2.35. The van der Waals surface area contributed by atoms with Gasteiger partial charge in [-0.1, -0.05) is 35.3 Å². The molecule has 3 rings (SSSR count). The smallest absolute Gasteiger partial charge is 0.410 e. The predicted octanol–water partition coefficient (Wildman–Crippen LogP) is 3.81. The SMILES string of the molecule is Cn1nc(-c2cccc(Cl)c2Cl)cc1N1CCN(C(=O)OC(C)(C)C)CC1CO. The van der Waals surface area contributed by atoms with Gasteiger partial charge >= 0.3 is 6.09 Å². The number of halogens is 2. The molecule has 1 aromatic heterocycles. The molecular weight excluding hydrogens is 415 g/mol. The van der Waals surface area contributed by atoms with Crippen LogP contribution in [0.1, 0.15) is 20.8 Å². The maximum Gasteiger partial charge on any atom is 0.410 e. The van der Waals surface area contributed by atoms with Crippen molar-refractivity contribution in [3.8, 4) is 11.3 Å². The Hall–Kier alpha value is -1.96. The van der Waals surface area contributed by atoms with Gasteiger partial charge in [0.2, 0.25) is 0 Å². The zero-order valence-electron chi connectivity index (χ0n) is 17.0. The molecule has 1 N–H and O–H groups in total. The van der Waals surface area contributed by atoms with Gasteiger partial charge in [-0.05, 0) is 26.8 Å². The van der Waals surface area contributed by atoms with E-state index in [1.165, 1.54) is 0 Å². The molecule has 0 aliphatic carbocycles. The molecule has 29 heavy (non-hydrogen) atoms. The maximum atomic E-state index is 12.4. The summed E-state index contributed by atoms with van der Waals surface area (Å²) in [7, 11) is 1.84. The second kappa shape index (κ2) is 8.42. The summed E-state index contributed by atoms with van der Waals surface area (Å²) in [5, 5.41) is 15.5. The zero-order chi connectivity index (χ0) is 21.3. The molecule has 1 atom stereocenters. The zero-order valence-corrected chi connectivity index (χ0v) is 18.5. The lowest BCUT2D eigenvalue weighted by molar-refractivity contribution is 0.0196. The largest absolute Gasteiger partial charge is 0.444 e. The molecule has 1 aliphatic rings. The van der Waals surface area contributed by atoms with Crippen LogP contribution in [0.25, 0.3) is 11.3 Å². The van der Waals surface area contributed by atoms with E-state index in [2.05, 4.69) is 10.00 Å². The fraction of sp³-hybridized carbons (Fsp3) is 0.500. The van der Waals surface area contributed by atoms with Gasteiger partial charge in [0.15, 0.2) is 0 Å². The van der Waals surface area contributed by atoms with Crippen LogP contribution in [0.5, 0.6) is 0 Å². The number of carbonyl (C=O) groups excluding carboxylic acids is 1. The third-order valence-corrected chi connectivity index (χ3v) is 5.54. The summed E-state index contributed by atoms with van der Waals surface area (Å²) in [6.07, 6.45) is -0.369. The van der Waals surface area contributed by atoms with Crippen molar-refractivity contribution in [1.82, 2.24) is 14.7 Å².